The lowest BCUT2D eigenvalue weighted by Crippen LogP contribution is -2.55. The molecular formula is C14H18N2O3S. The molecule has 6 heteroatoms. The molecule has 0 atom stereocenters. The third-order valence-corrected chi connectivity index (χ3v) is 4.28. The fraction of sp³-hybridized carbons (Fsp3) is 0.500. The van der Waals surface area contributed by atoms with Gasteiger partial charge in [0.15, 0.2) is 5.78 Å². The second-order valence-corrected chi connectivity index (χ2v) is 6.14. The molecule has 2 rings (SSSR count). The minimum atomic E-state index is -0.564. The fourth-order valence-corrected chi connectivity index (χ4v) is 2.98. The van der Waals surface area contributed by atoms with Crippen molar-refractivity contribution in [1.29, 1.82) is 0 Å². The van der Waals surface area contributed by atoms with E-state index in [0.717, 1.165) is 11.3 Å². The Morgan fingerprint density at radius 3 is 2.45 bits per heavy atom. The summed E-state index contributed by atoms with van der Waals surface area (Å²) in [5.41, 5.74) is 0. The molecule has 2 heterocycles. The van der Waals surface area contributed by atoms with Crippen LogP contribution in [-0.4, -0.2) is 53.6 Å². The molecule has 2 amide bonds. The van der Waals surface area contributed by atoms with Gasteiger partial charge in [-0.05, 0) is 25.5 Å². The first-order chi connectivity index (χ1) is 9.52. The molecule has 1 fully saturated rings. The van der Waals surface area contributed by atoms with Crippen molar-refractivity contribution in [2.24, 2.45) is 0 Å². The van der Waals surface area contributed by atoms with Crippen molar-refractivity contribution in [3.05, 3.63) is 21.9 Å². The number of amides is 2. The Labute approximate surface area is 122 Å². The molecule has 1 aromatic rings. The van der Waals surface area contributed by atoms with Crippen LogP contribution >= 0.6 is 11.3 Å². The van der Waals surface area contributed by atoms with Gasteiger partial charge in [-0.15, -0.1) is 11.3 Å². The van der Waals surface area contributed by atoms with Gasteiger partial charge in [-0.2, -0.15) is 0 Å². The zero-order chi connectivity index (χ0) is 14.7. The summed E-state index contributed by atoms with van der Waals surface area (Å²) in [4.78, 5) is 40.5. The van der Waals surface area contributed by atoms with Gasteiger partial charge in [-0.25, -0.2) is 0 Å². The predicted octanol–water partition coefficient (Wildman–Crippen LogP) is 1.32. The molecule has 20 heavy (non-hydrogen) atoms. The summed E-state index contributed by atoms with van der Waals surface area (Å²) in [5.74, 6) is -1.16. The minimum absolute atomic E-state index is 0.00943. The van der Waals surface area contributed by atoms with Gasteiger partial charge in [0, 0.05) is 24.5 Å². The maximum Gasteiger partial charge on any atom is 0.312 e. The van der Waals surface area contributed by atoms with Crippen LogP contribution in [0.15, 0.2) is 12.1 Å². The lowest BCUT2D eigenvalue weighted by molar-refractivity contribution is -0.155. The standard InChI is InChI=1S/C14H18N2O3S/c1-3-6-15-7-8-16(14(19)13(15)18)9-11(17)12-5-4-10(2)20-12/h4-5H,3,6-9H2,1-2H3. The molecule has 0 unspecified atom stereocenters. The largest absolute Gasteiger partial charge is 0.333 e. The van der Waals surface area contributed by atoms with E-state index < -0.39 is 11.8 Å². The number of carbonyl (C=O) groups is 3. The molecule has 108 valence electrons. The van der Waals surface area contributed by atoms with Crippen molar-refractivity contribution < 1.29 is 14.4 Å². The summed E-state index contributed by atoms with van der Waals surface area (Å²) < 4.78 is 0. The van der Waals surface area contributed by atoms with Crippen LogP contribution in [0.3, 0.4) is 0 Å². The molecule has 0 aliphatic carbocycles. The van der Waals surface area contributed by atoms with Crippen LogP contribution < -0.4 is 0 Å². The maximum atomic E-state index is 12.1. The van der Waals surface area contributed by atoms with E-state index in [-0.39, 0.29) is 12.3 Å². The molecule has 1 aromatic heterocycles. The smallest absolute Gasteiger partial charge is 0.312 e. The SMILES string of the molecule is CCCN1CCN(CC(=O)c2ccc(C)s2)C(=O)C1=O. The summed E-state index contributed by atoms with van der Waals surface area (Å²) >= 11 is 1.41. The van der Waals surface area contributed by atoms with Gasteiger partial charge < -0.3 is 9.80 Å². The van der Waals surface area contributed by atoms with Crippen LogP contribution in [0.1, 0.15) is 27.9 Å². The zero-order valence-electron chi connectivity index (χ0n) is 11.7. The minimum Gasteiger partial charge on any atom is -0.333 e. The van der Waals surface area contributed by atoms with Gasteiger partial charge in [0.25, 0.3) is 0 Å². The molecule has 0 saturated carbocycles. The van der Waals surface area contributed by atoms with Gasteiger partial charge in [-0.3, -0.25) is 14.4 Å². The molecule has 0 spiro atoms. The quantitative estimate of drug-likeness (QED) is 0.608. The molecule has 1 aliphatic heterocycles. The van der Waals surface area contributed by atoms with Crippen LogP contribution in [0.2, 0.25) is 0 Å². The number of hydrogen-bond donors (Lipinski definition) is 0. The van der Waals surface area contributed by atoms with E-state index in [9.17, 15) is 14.4 Å². The number of ketones is 1. The molecule has 0 radical (unpaired) electrons. The van der Waals surface area contributed by atoms with E-state index in [1.807, 2.05) is 19.9 Å². The highest BCUT2D eigenvalue weighted by Crippen LogP contribution is 2.16. The van der Waals surface area contributed by atoms with Gasteiger partial charge in [-0.1, -0.05) is 6.92 Å². The second-order valence-electron chi connectivity index (χ2n) is 4.85. The van der Waals surface area contributed by atoms with Gasteiger partial charge >= 0.3 is 11.8 Å². The first-order valence-corrected chi connectivity index (χ1v) is 7.52. The average Bonchev–Trinajstić information content (AvgIpc) is 2.85. The topological polar surface area (TPSA) is 57.7 Å². The van der Waals surface area contributed by atoms with E-state index in [4.69, 9.17) is 0 Å². The number of nitrogens with zero attached hydrogens (tertiary/aromatic N) is 2. The predicted molar refractivity (Wildman–Crippen MR) is 76.8 cm³/mol. The lowest BCUT2D eigenvalue weighted by atomic mass is 10.2. The van der Waals surface area contributed by atoms with Gasteiger partial charge in [0.2, 0.25) is 0 Å². The summed E-state index contributed by atoms with van der Waals surface area (Å²) in [5, 5.41) is 0. The number of carbonyl (C=O) groups excluding carboxylic acids is 3. The Hall–Kier alpha value is -1.69. The Morgan fingerprint density at radius 2 is 1.85 bits per heavy atom. The Kier molecular flexibility index (Phi) is 4.54. The van der Waals surface area contributed by atoms with E-state index in [1.165, 1.54) is 16.2 Å². The normalized spacial score (nSPS) is 15.9. The summed E-state index contributed by atoms with van der Waals surface area (Å²) in [6.07, 6.45) is 0.826. The third-order valence-electron chi connectivity index (χ3n) is 3.24. The zero-order valence-corrected chi connectivity index (χ0v) is 12.5. The summed E-state index contributed by atoms with van der Waals surface area (Å²) in [6.45, 7) is 5.42. The number of hydrogen-bond acceptors (Lipinski definition) is 4. The number of thiophene rings is 1. The lowest BCUT2D eigenvalue weighted by Gasteiger charge is -2.33. The molecule has 5 nitrogen and oxygen atoms in total. The highest BCUT2D eigenvalue weighted by molar-refractivity contribution is 7.14. The van der Waals surface area contributed by atoms with Crippen LogP contribution in [0.4, 0.5) is 0 Å². The third kappa shape index (κ3) is 3.07. The number of rotatable bonds is 5. The highest BCUT2D eigenvalue weighted by atomic mass is 32.1. The molecule has 0 N–H and O–H groups in total. The first kappa shape index (κ1) is 14.7. The molecule has 1 aliphatic rings. The molecular weight excluding hydrogens is 276 g/mol. The van der Waals surface area contributed by atoms with Crippen molar-refractivity contribution in [3.8, 4) is 0 Å². The van der Waals surface area contributed by atoms with Crippen LogP contribution in [0.5, 0.6) is 0 Å². The van der Waals surface area contributed by atoms with E-state index >= 15 is 0 Å². The highest BCUT2D eigenvalue weighted by Gasteiger charge is 2.33. The fourth-order valence-electron chi connectivity index (χ4n) is 2.18. The molecule has 0 aromatic carbocycles. The Bertz CT molecular complexity index is 538. The van der Waals surface area contributed by atoms with Crippen molar-refractivity contribution in [2.75, 3.05) is 26.2 Å². The number of aryl methyl sites for hydroxylation is 1. The van der Waals surface area contributed by atoms with Crippen LogP contribution in [-0.2, 0) is 9.59 Å². The Balaban J connectivity index is 1.99. The number of Topliss-reactive ketones (excluding diaryl/α,β-unsaturated/α-hetero) is 1. The van der Waals surface area contributed by atoms with Crippen LogP contribution in [0, 0.1) is 6.92 Å². The molecule has 0 bridgehead atoms. The van der Waals surface area contributed by atoms with Gasteiger partial charge in [0.05, 0.1) is 11.4 Å². The molecule has 1 saturated heterocycles. The Morgan fingerprint density at radius 1 is 1.20 bits per heavy atom. The van der Waals surface area contributed by atoms with E-state index in [0.29, 0.717) is 24.5 Å². The number of piperazine rings is 1. The van der Waals surface area contributed by atoms with Crippen LogP contribution in [0.25, 0.3) is 0 Å². The van der Waals surface area contributed by atoms with E-state index in [1.54, 1.807) is 11.0 Å². The maximum absolute atomic E-state index is 12.1. The summed E-state index contributed by atoms with van der Waals surface area (Å²) in [6, 6.07) is 3.64. The van der Waals surface area contributed by atoms with Crippen molar-refractivity contribution in [2.45, 2.75) is 20.3 Å². The van der Waals surface area contributed by atoms with Crippen molar-refractivity contribution >= 4 is 28.9 Å². The first-order valence-electron chi connectivity index (χ1n) is 6.70. The van der Waals surface area contributed by atoms with E-state index in [2.05, 4.69) is 0 Å². The monoisotopic (exact) mass is 294 g/mol. The van der Waals surface area contributed by atoms with Gasteiger partial charge in [0.1, 0.15) is 0 Å². The van der Waals surface area contributed by atoms with Crippen molar-refractivity contribution in [1.82, 2.24) is 9.80 Å². The summed E-state index contributed by atoms with van der Waals surface area (Å²) in [7, 11) is 0. The average molecular weight is 294 g/mol. The second kappa shape index (κ2) is 6.17. The van der Waals surface area contributed by atoms with Crippen molar-refractivity contribution in [3.63, 3.8) is 0 Å².